The van der Waals surface area contributed by atoms with Crippen molar-refractivity contribution in [1.82, 2.24) is 48.2 Å². The van der Waals surface area contributed by atoms with Crippen molar-refractivity contribution in [2.24, 2.45) is 0 Å². The molecular weight excluding hydrogens is 1650 g/mol. The van der Waals surface area contributed by atoms with E-state index in [2.05, 4.69) is 458 Å². The SMILES string of the molecule is CC1(C)c2cc(-c3ccccc3)ccc2-c2ccc(-c3cnc(-n4c5ccccc5c5ccc6ccccc6c54)nc3)cc21.CC1(C)c2ccc(-c3ccccc3)cc2-c2cc(-c3ccnc(-n4c5ccccc5c5ccc6ccccc6c54)n3)ccc21.c1ccc(-n2c3ccccc3c3cc(-c4cccc(-c5ccnc(-n6c7ccccc7c7ccc8ccccc8c76)n5)c4)ccc32)cc1. The van der Waals surface area contributed by atoms with Gasteiger partial charge in [-0.2, -0.15) is 0 Å². The van der Waals surface area contributed by atoms with Crippen molar-refractivity contribution >= 4 is 120 Å². The molecule has 28 rings (SSSR count). The lowest BCUT2D eigenvalue weighted by Gasteiger charge is -2.22. The van der Waals surface area contributed by atoms with Crippen LogP contribution in [0.2, 0.25) is 0 Å². The average Bonchev–Trinajstić information content (AvgIpc) is 1.58. The minimum absolute atomic E-state index is 0.0702. The minimum atomic E-state index is -0.115. The maximum Gasteiger partial charge on any atom is 0.235 e. The molecule has 2 aliphatic carbocycles. The van der Waals surface area contributed by atoms with Crippen molar-refractivity contribution in [3.63, 3.8) is 0 Å². The number of nitrogens with zero attached hydrogens (tertiary/aromatic N) is 10. The first-order chi connectivity index (χ1) is 67.0. The fourth-order valence-corrected chi connectivity index (χ4v) is 22.0. The molecule has 7 heterocycles. The van der Waals surface area contributed by atoms with E-state index in [9.17, 15) is 0 Å². The molecule has 0 fully saturated rings. The van der Waals surface area contributed by atoms with Crippen LogP contribution in [-0.2, 0) is 10.8 Å². The van der Waals surface area contributed by atoms with Crippen molar-refractivity contribution in [3.05, 3.63) is 472 Å². The second-order valence-electron chi connectivity index (χ2n) is 36.9. The first-order valence-corrected chi connectivity index (χ1v) is 46.6. The Labute approximate surface area is 785 Å². The third-order valence-electron chi connectivity index (χ3n) is 28.6. The minimum Gasteiger partial charge on any atom is -0.309 e. The Kier molecular flexibility index (Phi) is 18.4. The first-order valence-electron chi connectivity index (χ1n) is 46.6. The molecule has 2 aliphatic rings. The van der Waals surface area contributed by atoms with Crippen molar-refractivity contribution in [3.8, 4) is 113 Å². The topological polar surface area (TPSA) is 97.1 Å². The van der Waals surface area contributed by atoms with E-state index in [1.807, 2.05) is 36.9 Å². The van der Waals surface area contributed by atoms with Gasteiger partial charge in [-0.1, -0.05) is 361 Å². The third kappa shape index (κ3) is 12.8. The Morgan fingerprint density at radius 3 is 1.02 bits per heavy atom. The van der Waals surface area contributed by atoms with Gasteiger partial charge >= 0.3 is 0 Å². The van der Waals surface area contributed by atoms with E-state index in [-0.39, 0.29) is 10.8 Å². The van der Waals surface area contributed by atoms with Crippen LogP contribution in [0, 0.1) is 0 Å². The van der Waals surface area contributed by atoms with Gasteiger partial charge in [-0.15, -0.1) is 0 Å². The molecule has 0 aliphatic heterocycles. The van der Waals surface area contributed by atoms with Crippen LogP contribution in [0.15, 0.2) is 449 Å². The molecule has 136 heavy (non-hydrogen) atoms. The number of rotatable bonds is 10. The fourth-order valence-electron chi connectivity index (χ4n) is 22.0. The summed E-state index contributed by atoms with van der Waals surface area (Å²) in [6, 6.07) is 152. The maximum absolute atomic E-state index is 5.23. The van der Waals surface area contributed by atoms with E-state index in [4.69, 9.17) is 29.9 Å². The largest absolute Gasteiger partial charge is 0.309 e. The summed E-state index contributed by atoms with van der Waals surface area (Å²) in [5.74, 6) is 2.02. The van der Waals surface area contributed by atoms with Crippen molar-refractivity contribution in [2.45, 2.75) is 38.5 Å². The normalized spacial score (nSPS) is 12.8. The van der Waals surface area contributed by atoms with E-state index in [1.54, 1.807) is 0 Å². The van der Waals surface area contributed by atoms with Gasteiger partial charge in [-0.05, 0) is 191 Å². The Balaban J connectivity index is 0.000000106. The quantitative estimate of drug-likeness (QED) is 0.135. The van der Waals surface area contributed by atoms with Gasteiger partial charge in [0, 0.05) is 117 Å². The zero-order valence-electron chi connectivity index (χ0n) is 75.2. The van der Waals surface area contributed by atoms with Gasteiger partial charge in [0.1, 0.15) is 0 Å². The molecule has 0 N–H and O–H groups in total. The van der Waals surface area contributed by atoms with Crippen LogP contribution in [0.5, 0.6) is 0 Å². The van der Waals surface area contributed by atoms with E-state index in [0.717, 1.165) is 78.0 Å². The molecule has 0 saturated heterocycles. The number of para-hydroxylation sites is 5. The molecule has 0 amide bonds. The van der Waals surface area contributed by atoms with Crippen LogP contribution in [0.3, 0.4) is 0 Å². The Bertz CT molecular complexity index is 9360. The number of hydrogen-bond acceptors (Lipinski definition) is 6. The Morgan fingerprint density at radius 1 is 0.191 bits per heavy atom. The van der Waals surface area contributed by atoms with Crippen LogP contribution in [-0.4, -0.2) is 48.2 Å². The molecule has 0 saturated carbocycles. The number of benzene rings is 19. The molecule has 640 valence electrons. The van der Waals surface area contributed by atoms with Gasteiger partial charge in [0.2, 0.25) is 17.8 Å². The van der Waals surface area contributed by atoms with E-state index < -0.39 is 0 Å². The number of aromatic nitrogens is 10. The lowest BCUT2D eigenvalue weighted by molar-refractivity contribution is 0.660. The summed E-state index contributed by atoms with van der Waals surface area (Å²) in [5.41, 5.74) is 34.1. The summed E-state index contributed by atoms with van der Waals surface area (Å²) >= 11 is 0. The molecule has 0 spiro atoms. The number of fused-ring (bicyclic) bond motifs is 24. The first kappa shape index (κ1) is 79.4. The molecule has 10 nitrogen and oxygen atoms in total. The summed E-state index contributed by atoms with van der Waals surface area (Å²) in [7, 11) is 0. The maximum atomic E-state index is 5.23. The van der Waals surface area contributed by atoms with Gasteiger partial charge in [-0.3, -0.25) is 13.7 Å². The summed E-state index contributed by atoms with van der Waals surface area (Å²) in [4.78, 5) is 30.1. The highest BCUT2D eigenvalue weighted by molar-refractivity contribution is 6.21. The summed E-state index contributed by atoms with van der Waals surface area (Å²) in [5, 5.41) is 16.9. The zero-order valence-corrected chi connectivity index (χ0v) is 75.2. The smallest absolute Gasteiger partial charge is 0.235 e. The Hall–Kier alpha value is -17.6. The van der Waals surface area contributed by atoms with Crippen LogP contribution in [0.25, 0.3) is 232 Å². The van der Waals surface area contributed by atoms with Gasteiger partial charge in [0.25, 0.3) is 0 Å². The monoisotopic (exact) mass is 1740 g/mol. The summed E-state index contributed by atoms with van der Waals surface area (Å²) in [6.45, 7) is 9.33. The van der Waals surface area contributed by atoms with Crippen LogP contribution >= 0.6 is 0 Å². The highest BCUT2D eigenvalue weighted by Gasteiger charge is 2.38. The molecule has 19 aromatic carbocycles. The van der Waals surface area contributed by atoms with Crippen molar-refractivity contribution in [2.75, 3.05) is 0 Å². The summed E-state index contributed by atoms with van der Waals surface area (Å²) < 4.78 is 9.01. The molecule has 0 bridgehead atoms. The molecule has 10 heteroatoms. The molecule has 0 unspecified atom stereocenters. The highest BCUT2D eigenvalue weighted by Crippen LogP contribution is 2.54. The van der Waals surface area contributed by atoms with E-state index >= 15 is 0 Å². The lowest BCUT2D eigenvalue weighted by Crippen LogP contribution is -2.15. The van der Waals surface area contributed by atoms with Crippen molar-refractivity contribution in [1.29, 1.82) is 0 Å². The summed E-state index contributed by atoms with van der Waals surface area (Å²) in [6.07, 6.45) is 7.71. The van der Waals surface area contributed by atoms with Crippen LogP contribution < -0.4 is 0 Å². The highest BCUT2D eigenvalue weighted by atomic mass is 15.2. The van der Waals surface area contributed by atoms with Gasteiger partial charge < -0.3 is 4.57 Å². The van der Waals surface area contributed by atoms with Crippen molar-refractivity contribution < 1.29 is 0 Å². The van der Waals surface area contributed by atoms with Crippen LogP contribution in [0.1, 0.15) is 49.9 Å². The second kappa shape index (κ2) is 31.6. The molecule has 26 aromatic rings. The van der Waals surface area contributed by atoms with Gasteiger partial charge in [0.15, 0.2) is 0 Å². The lowest BCUT2D eigenvalue weighted by atomic mass is 9.81. The van der Waals surface area contributed by atoms with Gasteiger partial charge in [0.05, 0.1) is 55.5 Å². The number of hydrogen-bond donors (Lipinski definition) is 0. The standard InChI is InChI=1S/C44H28N4.2C41H29N3/c1-2-14-33(15-3-1)47-40-19-8-7-18-36(40)38-28-31(22-24-42(38)47)30-12-10-13-32(27-30)39-25-26-45-44(46-39)48-41-20-9-6-17-35(41)37-23-21-29-11-4-5-16-34(29)43(37)48;1-41(2)36-22-28(26-10-4-3-5-11-26)17-19-32(36)33-20-18-29(23-37(33)41)30-24-42-40(43-25-30)44-38-15-9-8-14-34(38)35-21-16-27-12-6-7-13-31(27)39(35)44;1-41(2)35-20-17-28(26-10-4-3-5-11-26)24-33(35)34-25-29(18-21-36(34)41)37-22-23-42-40(43-37)44-38-15-9-8-14-31(38)32-19-16-27-12-6-7-13-30(27)39(32)44/h1-28H;2*3-25H,1-2H3. The Morgan fingerprint density at radius 2 is 0.529 bits per heavy atom. The molecule has 0 atom stereocenters. The van der Waals surface area contributed by atoms with Crippen LogP contribution in [0.4, 0.5) is 0 Å². The molecule has 0 radical (unpaired) electrons. The van der Waals surface area contributed by atoms with Gasteiger partial charge in [-0.25, -0.2) is 29.9 Å². The third-order valence-corrected chi connectivity index (χ3v) is 28.6. The average molecular weight is 1740 g/mol. The van der Waals surface area contributed by atoms with E-state index in [1.165, 1.54) is 159 Å². The molecule has 7 aromatic heterocycles. The predicted octanol–water partition coefficient (Wildman–Crippen LogP) is 31.9. The zero-order chi connectivity index (χ0) is 90.4. The second-order valence-corrected chi connectivity index (χ2v) is 36.9. The van der Waals surface area contributed by atoms with E-state index in [0.29, 0.717) is 17.8 Å². The predicted molar refractivity (Wildman–Crippen MR) is 564 cm³/mol. The molecular formula is C126H86N10. The fraction of sp³-hybridized carbons (Fsp3) is 0.0476.